The van der Waals surface area contributed by atoms with Crippen LogP contribution in [-0.4, -0.2) is 34.7 Å². The van der Waals surface area contributed by atoms with Crippen LogP contribution in [0.2, 0.25) is 0 Å². The van der Waals surface area contributed by atoms with Gasteiger partial charge in [-0.3, -0.25) is 19.3 Å². The first kappa shape index (κ1) is 20.6. The van der Waals surface area contributed by atoms with Gasteiger partial charge in [0.25, 0.3) is 11.8 Å². The fourth-order valence-electron chi connectivity index (χ4n) is 3.85. The van der Waals surface area contributed by atoms with Crippen LogP contribution in [0.4, 0.5) is 0 Å². The van der Waals surface area contributed by atoms with Gasteiger partial charge in [-0.1, -0.05) is 42.5 Å². The summed E-state index contributed by atoms with van der Waals surface area (Å²) in [7, 11) is 0. The van der Waals surface area contributed by atoms with Gasteiger partial charge in [-0.2, -0.15) is 0 Å². The van der Waals surface area contributed by atoms with E-state index >= 15 is 0 Å². The molecule has 2 atom stereocenters. The zero-order valence-electron chi connectivity index (χ0n) is 17.3. The van der Waals surface area contributed by atoms with E-state index < -0.39 is 17.9 Å². The van der Waals surface area contributed by atoms with Crippen LogP contribution in [0.25, 0.3) is 0 Å². The van der Waals surface area contributed by atoms with Gasteiger partial charge in [0.2, 0.25) is 5.91 Å². The van der Waals surface area contributed by atoms with Crippen LogP contribution in [0.15, 0.2) is 77.4 Å². The van der Waals surface area contributed by atoms with E-state index in [1.165, 1.54) is 0 Å². The Morgan fingerprint density at radius 3 is 2.19 bits per heavy atom. The number of hydrogen-bond donors (Lipinski definition) is 1. The molecule has 2 heterocycles. The van der Waals surface area contributed by atoms with Gasteiger partial charge in [0, 0.05) is 18.9 Å². The largest absolute Gasteiger partial charge is 0.469 e. The molecule has 31 heavy (non-hydrogen) atoms. The minimum atomic E-state index is -0.930. The molecule has 6 heteroatoms. The Hall–Kier alpha value is -3.67. The number of amides is 3. The lowest BCUT2D eigenvalue weighted by atomic mass is 10.0. The molecule has 158 valence electrons. The Labute approximate surface area is 180 Å². The van der Waals surface area contributed by atoms with Gasteiger partial charge in [-0.15, -0.1) is 0 Å². The molecule has 1 aliphatic heterocycles. The van der Waals surface area contributed by atoms with Crippen LogP contribution in [-0.2, 0) is 17.6 Å². The Morgan fingerprint density at radius 2 is 1.58 bits per heavy atom. The fourth-order valence-corrected chi connectivity index (χ4v) is 3.85. The highest BCUT2D eigenvalue weighted by molar-refractivity contribution is 6.22. The van der Waals surface area contributed by atoms with Crippen LogP contribution in [0, 0.1) is 0 Å². The molecule has 6 nitrogen and oxygen atoms in total. The molecule has 0 unspecified atom stereocenters. The maximum atomic E-state index is 13.3. The zero-order valence-corrected chi connectivity index (χ0v) is 17.3. The summed E-state index contributed by atoms with van der Waals surface area (Å²) in [5.41, 5.74) is 1.55. The van der Waals surface area contributed by atoms with Gasteiger partial charge in [0.05, 0.1) is 17.4 Å². The van der Waals surface area contributed by atoms with Crippen LogP contribution in [0.1, 0.15) is 45.4 Å². The number of fused-ring (bicyclic) bond motifs is 1. The summed E-state index contributed by atoms with van der Waals surface area (Å²) < 4.78 is 5.35. The highest BCUT2D eigenvalue weighted by Crippen LogP contribution is 2.26. The average Bonchev–Trinajstić information content (AvgIpc) is 3.39. The van der Waals surface area contributed by atoms with Gasteiger partial charge in [0.15, 0.2) is 0 Å². The SMILES string of the molecule is C[C@@H](CCc1ccco1)NC(=O)[C@H](Cc1ccccc1)N1C(=O)c2ccccc2C1=O. The summed E-state index contributed by atoms with van der Waals surface area (Å²) in [6.07, 6.45) is 3.24. The summed E-state index contributed by atoms with van der Waals surface area (Å²) in [5.74, 6) is -0.354. The number of aryl methyl sites for hydroxylation is 1. The molecule has 0 spiro atoms. The van der Waals surface area contributed by atoms with E-state index in [2.05, 4.69) is 5.32 Å². The van der Waals surface area contributed by atoms with Gasteiger partial charge in [0.1, 0.15) is 11.8 Å². The van der Waals surface area contributed by atoms with Crippen LogP contribution < -0.4 is 5.32 Å². The topological polar surface area (TPSA) is 79.6 Å². The molecule has 0 bridgehead atoms. The summed E-state index contributed by atoms with van der Waals surface area (Å²) in [5, 5.41) is 2.98. The second-order valence-corrected chi connectivity index (χ2v) is 7.76. The van der Waals surface area contributed by atoms with Crippen molar-refractivity contribution >= 4 is 17.7 Å². The van der Waals surface area contributed by atoms with Gasteiger partial charge < -0.3 is 9.73 Å². The minimum Gasteiger partial charge on any atom is -0.469 e. The molecule has 1 aliphatic rings. The Kier molecular flexibility index (Phi) is 5.98. The van der Waals surface area contributed by atoms with Crippen molar-refractivity contribution in [3.05, 3.63) is 95.4 Å². The molecule has 3 amide bonds. The number of nitrogens with zero attached hydrogens (tertiary/aromatic N) is 1. The molecule has 0 saturated heterocycles. The van der Waals surface area contributed by atoms with Crippen molar-refractivity contribution < 1.29 is 18.8 Å². The Bertz CT molecular complexity index is 1040. The van der Waals surface area contributed by atoms with E-state index in [9.17, 15) is 14.4 Å². The summed E-state index contributed by atoms with van der Waals surface area (Å²) in [6.45, 7) is 1.91. The van der Waals surface area contributed by atoms with Crippen molar-refractivity contribution in [1.29, 1.82) is 0 Å². The van der Waals surface area contributed by atoms with E-state index in [1.54, 1.807) is 30.5 Å². The van der Waals surface area contributed by atoms with Gasteiger partial charge >= 0.3 is 0 Å². The standard InChI is InChI=1S/C25H24N2O4/c1-17(13-14-19-10-7-15-31-19)26-23(28)22(16-18-8-3-2-4-9-18)27-24(29)20-11-5-6-12-21(20)25(27)30/h2-12,15,17,22H,13-14,16H2,1H3,(H,26,28)/t17-,22-/m0/s1. The second-order valence-electron chi connectivity index (χ2n) is 7.76. The molecule has 1 aromatic heterocycles. The van der Waals surface area contributed by atoms with Crippen molar-refractivity contribution in [1.82, 2.24) is 10.2 Å². The van der Waals surface area contributed by atoms with E-state index in [0.717, 1.165) is 16.2 Å². The molecule has 0 fully saturated rings. The molecular formula is C25H24N2O4. The quantitative estimate of drug-likeness (QED) is 0.569. The highest BCUT2D eigenvalue weighted by atomic mass is 16.3. The molecular weight excluding hydrogens is 392 g/mol. The number of benzene rings is 2. The molecule has 4 rings (SSSR count). The number of rotatable bonds is 8. The van der Waals surface area contributed by atoms with Crippen LogP contribution in [0.5, 0.6) is 0 Å². The molecule has 0 saturated carbocycles. The summed E-state index contributed by atoms with van der Waals surface area (Å²) >= 11 is 0. The maximum absolute atomic E-state index is 13.3. The van der Waals surface area contributed by atoms with E-state index in [-0.39, 0.29) is 18.4 Å². The lowest BCUT2D eigenvalue weighted by molar-refractivity contribution is -0.125. The molecule has 3 aromatic rings. The first-order valence-corrected chi connectivity index (χ1v) is 10.4. The van der Waals surface area contributed by atoms with Crippen LogP contribution in [0.3, 0.4) is 0 Å². The first-order valence-electron chi connectivity index (χ1n) is 10.4. The number of imide groups is 1. The fraction of sp³-hybridized carbons (Fsp3) is 0.240. The van der Waals surface area contributed by atoms with E-state index in [4.69, 9.17) is 4.42 Å². The van der Waals surface area contributed by atoms with Crippen molar-refractivity contribution in [2.24, 2.45) is 0 Å². The molecule has 2 aromatic carbocycles. The first-order chi connectivity index (χ1) is 15.0. The number of hydrogen-bond acceptors (Lipinski definition) is 4. The average molecular weight is 416 g/mol. The third kappa shape index (κ3) is 4.43. The van der Waals surface area contributed by atoms with Crippen molar-refractivity contribution in [2.75, 3.05) is 0 Å². The van der Waals surface area contributed by atoms with Crippen molar-refractivity contribution in [3.63, 3.8) is 0 Å². The van der Waals surface area contributed by atoms with E-state index in [0.29, 0.717) is 24.0 Å². The third-order valence-corrected chi connectivity index (χ3v) is 5.50. The van der Waals surface area contributed by atoms with Crippen molar-refractivity contribution in [3.8, 4) is 0 Å². The van der Waals surface area contributed by atoms with Gasteiger partial charge in [-0.05, 0) is 43.2 Å². The lowest BCUT2D eigenvalue weighted by Crippen LogP contribution is -2.52. The summed E-state index contributed by atoms with van der Waals surface area (Å²) in [6, 6.07) is 18.7. The minimum absolute atomic E-state index is 0.147. The van der Waals surface area contributed by atoms with Gasteiger partial charge in [-0.25, -0.2) is 0 Å². The summed E-state index contributed by atoms with van der Waals surface area (Å²) in [4.78, 5) is 40.4. The normalized spacial score (nSPS) is 14.9. The smallest absolute Gasteiger partial charge is 0.262 e. The molecule has 0 aliphatic carbocycles. The Balaban J connectivity index is 1.54. The Morgan fingerprint density at radius 1 is 0.935 bits per heavy atom. The molecule has 1 N–H and O–H groups in total. The van der Waals surface area contributed by atoms with Crippen molar-refractivity contribution in [2.45, 2.75) is 38.3 Å². The maximum Gasteiger partial charge on any atom is 0.262 e. The number of carbonyl (C=O) groups is 3. The number of carbonyl (C=O) groups excluding carboxylic acids is 3. The highest BCUT2D eigenvalue weighted by Gasteiger charge is 2.42. The predicted octanol–water partition coefficient (Wildman–Crippen LogP) is 3.62. The zero-order chi connectivity index (χ0) is 21.8. The number of nitrogens with one attached hydrogen (secondary N) is 1. The lowest BCUT2D eigenvalue weighted by Gasteiger charge is -2.27. The monoisotopic (exact) mass is 416 g/mol. The third-order valence-electron chi connectivity index (χ3n) is 5.50. The molecule has 0 radical (unpaired) electrons. The van der Waals surface area contributed by atoms with E-state index in [1.807, 2.05) is 49.4 Å². The predicted molar refractivity (Wildman–Crippen MR) is 116 cm³/mol. The van der Waals surface area contributed by atoms with Crippen LogP contribution >= 0.6 is 0 Å². The second kappa shape index (κ2) is 9.00. The number of furan rings is 1.